The summed E-state index contributed by atoms with van der Waals surface area (Å²) in [6.07, 6.45) is 4.42. The molecule has 21 heavy (non-hydrogen) atoms. The molecule has 2 N–H and O–H groups in total. The summed E-state index contributed by atoms with van der Waals surface area (Å²) in [6, 6.07) is 7.30. The maximum absolute atomic E-state index is 7.11. The van der Waals surface area contributed by atoms with E-state index in [0.717, 1.165) is 5.69 Å². The van der Waals surface area contributed by atoms with Crippen LogP contribution in [0.25, 0.3) is 0 Å². The summed E-state index contributed by atoms with van der Waals surface area (Å²) < 4.78 is 5.30. The van der Waals surface area contributed by atoms with Gasteiger partial charge in [-0.1, -0.05) is 23.2 Å². The molecule has 0 bridgehead atoms. The summed E-state index contributed by atoms with van der Waals surface area (Å²) in [5, 5.41) is 7.44. The average Bonchev–Trinajstić information content (AvgIpc) is 2.51. The van der Waals surface area contributed by atoms with Crippen LogP contribution < -0.4 is 10.1 Å². The van der Waals surface area contributed by atoms with Crippen molar-refractivity contribution in [3.05, 3.63) is 58.6 Å². The Kier molecular flexibility index (Phi) is 5.48. The summed E-state index contributed by atoms with van der Waals surface area (Å²) in [7, 11) is 0. The highest BCUT2D eigenvalue weighted by Crippen LogP contribution is 2.14. The van der Waals surface area contributed by atoms with Gasteiger partial charge in [-0.15, -0.1) is 0 Å². The Hall–Kier alpha value is -2.18. The SMILES string of the molecule is N=N/C(=C\Nc1ccc(Cl)cc1)COc1ncc(Cl)cn1. The molecular weight excluding hydrogens is 313 g/mol. The van der Waals surface area contributed by atoms with Crippen LogP contribution in [0.3, 0.4) is 0 Å². The Labute approximate surface area is 131 Å². The highest BCUT2D eigenvalue weighted by atomic mass is 35.5. The first kappa shape index (κ1) is 15.2. The summed E-state index contributed by atoms with van der Waals surface area (Å²) in [6.45, 7) is 0.0612. The van der Waals surface area contributed by atoms with Gasteiger partial charge in [0.05, 0.1) is 17.4 Å². The summed E-state index contributed by atoms with van der Waals surface area (Å²) in [5.41, 5.74) is 8.31. The van der Waals surface area contributed by atoms with Gasteiger partial charge in [-0.2, -0.15) is 5.11 Å². The quantitative estimate of drug-likeness (QED) is 0.782. The monoisotopic (exact) mass is 323 g/mol. The number of aromatic nitrogens is 2. The Bertz CT molecular complexity index is 628. The van der Waals surface area contributed by atoms with Crippen LogP contribution in [0.4, 0.5) is 5.69 Å². The van der Waals surface area contributed by atoms with Crippen molar-refractivity contribution in [3.8, 4) is 6.01 Å². The third-order valence-corrected chi connectivity index (χ3v) is 2.79. The van der Waals surface area contributed by atoms with Crippen molar-refractivity contribution in [3.63, 3.8) is 0 Å². The largest absolute Gasteiger partial charge is 0.457 e. The number of hydrogen-bond donors (Lipinski definition) is 2. The van der Waals surface area contributed by atoms with Crippen molar-refractivity contribution in [1.82, 2.24) is 9.97 Å². The molecule has 0 fully saturated rings. The topological polar surface area (TPSA) is 83.2 Å². The minimum Gasteiger partial charge on any atom is -0.457 e. The van der Waals surface area contributed by atoms with Crippen LogP contribution in [-0.4, -0.2) is 16.6 Å². The van der Waals surface area contributed by atoms with E-state index in [4.69, 9.17) is 33.5 Å². The molecule has 0 saturated heterocycles. The molecule has 1 heterocycles. The zero-order chi connectivity index (χ0) is 15.1. The third kappa shape index (κ3) is 5.02. The van der Waals surface area contributed by atoms with Crippen LogP contribution in [0, 0.1) is 5.53 Å². The second-order valence-electron chi connectivity index (χ2n) is 3.87. The van der Waals surface area contributed by atoms with E-state index in [2.05, 4.69) is 20.4 Å². The average molecular weight is 324 g/mol. The van der Waals surface area contributed by atoms with Gasteiger partial charge in [0, 0.05) is 16.9 Å². The van der Waals surface area contributed by atoms with Crippen molar-refractivity contribution in [2.45, 2.75) is 0 Å². The molecular formula is C13H11Cl2N5O. The maximum atomic E-state index is 7.11. The van der Waals surface area contributed by atoms with Crippen LogP contribution in [0.5, 0.6) is 6.01 Å². The number of anilines is 1. The molecule has 0 radical (unpaired) electrons. The zero-order valence-electron chi connectivity index (χ0n) is 10.8. The Balaban J connectivity index is 1.92. The number of halogens is 2. The van der Waals surface area contributed by atoms with Crippen LogP contribution in [-0.2, 0) is 0 Å². The van der Waals surface area contributed by atoms with Crippen LogP contribution in [0.1, 0.15) is 0 Å². The second kappa shape index (κ2) is 7.56. The van der Waals surface area contributed by atoms with Gasteiger partial charge < -0.3 is 10.1 Å². The molecule has 0 amide bonds. The van der Waals surface area contributed by atoms with Gasteiger partial charge >= 0.3 is 6.01 Å². The lowest BCUT2D eigenvalue weighted by atomic mass is 10.3. The predicted octanol–water partition coefficient (Wildman–Crippen LogP) is 4.15. The molecule has 0 aliphatic heterocycles. The fourth-order valence-corrected chi connectivity index (χ4v) is 1.56. The minimum atomic E-state index is 0.0612. The van der Waals surface area contributed by atoms with Crippen LogP contribution in [0.15, 0.2) is 53.7 Å². The first-order valence-electron chi connectivity index (χ1n) is 5.86. The molecule has 6 nitrogen and oxygen atoms in total. The van der Waals surface area contributed by atoms with Gasteiger partial charge in [-0.05, 0) is 24.3 Å². The van der Waals surface area contributed by atoms with E-state index in [9.17, 15) is 0 Å². The zero-order valence-corrected chi connectivity index (χ0v) is 12.3. The lowest BCUT2D eigenvalue weighted by molar-refractivity contribution is 0.320. The van der Waals surface area contributed by atoms with Gasteiger partial charge in [0.2, 0.25) is 0 Å². The minimum absolute atomic E-state index is 0.0612. The van der Waals surface area contributed by atoms with Crippen molar-refractivity contribution in [2.75, 3.05) is 11.9 Å². The highest BCUT2D eigenvalue weighted by molar-refractivity contribution is 6.30. The number of rotatable bonds is 6. The van der Waals surface area contributed by atoms with Crippen molar-refractivity contribution in [2.24, 2.45) is 5.11 Å². The fraction of sp³-hybridized carbons (Fsp3) is 0.0769. The molecule has 0 unspecified atom stereocenters. The third-order valence-electron chi connectivity index (χ3n) is 2.34. The summed E-state index contributed by atoms with van der Waals surface area (Å²) >= 11 is 11.5. The van der Waals surface area contributed by atoms with Crippen molar-refractivity contribution < 1.29 is 4.74 Å². The highest BCUT2D eigenvalue weighted by Gasteiger charge is 2.01. The second-order valence-corrected chi connectivity index (χ2v) is 4.74. The fourth-order valence-electron chi connectivity index (χ4n) is 1.33. The molecule has 0 aliphatic carbocycles. The molecule has 108 valence electrons. The van der Waals surface area contributed by atoms with E-state index in [1.165, 1.54) is 12.4 Å². The normalized spacial score (nSPS) is 11.0. The molecule has 0 aliphatic rings. The first-order valence-corrected chi connectivity index (χ1v) is 6.62. The Morgan fingerprint density at radius 3 is 2.48 bits per heavy atom. The van der Waals surface area contributed by atoms with Gasteiger partial charge in [0.15, 0.2) is 0 Å². The number of nitrogens with zero attached hydrogens (tertiary/aromatic N) is 3. The lowest BCUT2D eigenvalue weighted by Gasteiger charge is -2.05. The van der Waals surface area contributed by atoms with E-state index in [1.54, 1.807) is 18.3 Å². The van der Waals surface area contributed by atoms with E-state index in [-0.39, 0.29) is 12.6 Å². The Morgan fingerprint density at radius 2 is 1.86 bits per heavy atom. The molecule has 8 heteroatoms. The van der Waals surface area contributed by atoms with Crippen molar-refractivity contribution >= 4 is 28.9 Å². The summed E-state index contributed by atoms with van der Waals surface area (Å²) in [5.74, 6) is 0. The van der Waals surface area contributed by atoms with Gasteiger partial charge in [0.1, 0.15) is 12.3 Å². The first-order chi connectivity index (χ1) is 10.2. The van der Waals surface area contributed by atoms with Crippen LogP contribution in [0.2, 0.25) is 10.0 Å². The van der Waals surface area contributed by atoms with Gasteiger partial charge in [-0.25, -0.2) is 15.5 Å². The van der Waals surface area contributed by atoms with E-state index in [0.29, 0.717) is 15.7 Å². The molecule has 0 atom stereocenters. The summed E-state index contributed by atoms with van der Waals surface area (Å²) in [4.78, 5) is 7.76. The molecule has 0 spiro atoms. The number of nitrogens with one attached hydrogen (secondary N) is 2. The molecule has 2 rings (SSSR count). The predicted molar refractivity (Wildman–Crippen MR) is 80.8 cm³/mol. The molecule has 1 aromatic heterocycles. The number of hydrogen-bond acceptors (Lipinski definition) is 6. The van der Waals surface area contributed by atoms with E-state index in [1.807, 2.05) is 12.1 Å². The van der Waals surface area contributed by atoms with Gasteiger partial charge in [0.25, 0.3) is 0 Å². The maximum Gasteiger partial charge on any atom is 0.316 e. The lowest BCUT2D eigenvalue weighted by Crippen LogP contribution is -2.04. The van der Waals surface area contributed by atoms with E-state index >= 15 is 0 Å². The van der Waals surface area contributed by atoms with Crippen molar-refractivity contribution in [1.29, 1.82) is 5.53 Å². The van der Waals surface area contributed by atoms with E-state index < -0.39 is 0 Å². The number of ether oxygens (including phenoxy) is 1. The molecule has 1 aromatic carbocycles. The standard InChI is InChI=1S/C13H11Cl2N5O/c14-9-1-3-11(4-2-9)17-7-12(20-16)8-21-13-18-5-10(15)6-19-13/h1-7,16-17H,8H2/b12-7-,20-16?. The smallest absolute Gasteiger partial charge is 0.316 e. The Morgan fingerprint density at radius 1 is 1.19 bits per heavy atom. The molecule has 2 aromatic rings. The number of benzene rings is 1. The molecule has 0 saturated carbocycles. The van der Waals surface area contributed by atoms with Crippen LogP contribution >= 0.6 is 23.2 Å². The van der Waals surface area contributed by atoms with Gasteiger partial charge in [-0.3, -0.25) is 0 Å².